The summed E-state index contributed by atoms with van der Waals surface area (Å²) in [5.74, 6) is 0. The molecule has 22 heavy (non-hydrogen) atoms. The molecule has 0 aliphatic heterocycles. The molecule has 3 heteroatoms. The third kappa shape index (κ3) is 4.15. The largest absolute Gasteiger partial charge is 0.381 e. The first kappa shape index (κ1) is 17.6. The Bertz CT molecular complexity index is 471. The van der Waals surface area contributed by atoms with Crippen molar-refractivity contribution in [2.75, 3.05) is 14.2 Å². The molecule has 0 bridgehead atoms. The van der Waals surface area contributed by atoms with Crippen molar-refractivity contribution in [3.63, 3.8) is 0 Å². The van der Waals surface area contributed by atoms with Crippen LogP contribution < -0.4 is 0 Å². The molecule has 1 fully saturated rings. The van der Waals surface area contributed by atoms with E-state index in [1.807, 2.05) is 24.9 Å². The molecule has 1 aliphatic carbocycles. The van der Waals surface area contributed by atoms with E-state index in [4.69, 9.17) is 9.47 Å². The number of benzene rings is 1. The molecule has 1 aromatic rings. The fourth-order valence-electron chi connectivity index (χ4n) is 3.34. The molecule has 1 aliphatic rings. The highest BCUT2D eigenvalue weighted by Gasteiger charge is 2.45. The van der Waals surface area contributed by atoms with Crippen LogP contribution in [0, 0.1) is 6.92 Å². The first-order valence-electron chi connectivity index (χ1n) is 8.05. The van der Waals surface area contributed by atoms with Crippen LogP contribution in [0.1, 0.15) is 37.7 Å². The zero-order valence-electron chi connectivity index (χ0n) is 14.0. The van der Waals surface area contributed by atoms with E-state index < -0.39 is 0 Å². The fraction of sp³-hybridized carbons (Fsp3) is 0.579. The van der Waals surface area contributed by atoms with Gasteiger partial charge in [-0.2, -0.15) is 0 Å². The smallest absolute Gasteiger partial charge is 0.0825 e. The maximum atomic E-state index is 6.05. The monoisotopic (exact) mass is 320 g/mol. The average Bonchev–Trinajstić information content (AvgIpc) is 2.92. The Labute approximate surface area is 139 Å². The van der Waals surface area contributed by atoms with Gasteiger partial charge >= 0.3 is 0 Å². The highest BCUT2D eigenvalue weighted by Crippen LogP contribution is 2.46. The predicted octanol–water partition coefficient (Wildman–Crippen LogP) is 5.01. The van der Waals surface area contributed by atoms with Gasteiger partial charge in [0.15, 0.2) is 0 Å². The summed E-state index contributed by atoms with van der Waals surface area (Å²) in [6.45, 7) is 5.97. The van der Waals surface area contributed by atoms with Crippen molar-refractivity contribution in [3.8, 4) is 0 Å². The molecule has 3 atom stereocenters. The fourth-order valence-corrected chi connectivity index (χ4v) is 4.77. The SMILES string of the molecule is C=CC[C@@H](C[C@@]1(OC)CCC[C@@H]1Sc1ccc(C)cc1)OC. The zero-order valence-corrected chi connectivity index (χ0v) is 14.8. The molecule has 1 saturated carbocycles. The van der Waals surface area contributed by atoms with Gasteiger partial charge in [-0.05, 0) is 44.7 Å². The van der Waals surface area contributed by atoms with Gasteiger partial charge in [-0.25, -0.2) is 0 Å². The van der Waals surface area contributed by atoms with Crippen LogP contribution in [0.4, 0.5) is 0 Å². The molecule has 1 aromatic carbocycles. The summed E-state index contributed by atoms with van der Waals surface area (Å²) in [7, 11) is 3.64. The van der Waals surface area contributed by atoms with Crippen LogP contribution in [0.3, 0.4) is 0 Å². The minimum absolute atomic E-state index is 0.0841. The lowest BCUT2D eigenvalue weighted by molar-refractivity contribution is -0.0469. The van der Waals surface area contributed by atoms with E-state index in [-0.39, 0.29) is 11.7 Å². The van der Waals surface area contributed by atoms with E-state index in [9.17, 15) is 0 Å². The summed E-state index contributed by atoms with van der Waals surface area (Å²) >= 11 is 1.96. The second-order valence-electron chi connectivity index (χ2n) is 6.17. The first-order valence-corrected chi connectivity index (χ1v) is 8.93. The Balaban J connectivity index is 2.11. The standard InChI is InChI=1S/C19H28O2S/c1-5-7-16(20-3)14-19(21-4)13-6-8-18(19)22-17-11-9-15(2)10-12-17/h5,9-12,16,18H,1,6-8,13-14H2,2-4H3/t16-,18-,19-/m0/s1. The van der Waals surface area contributed by atoms with Crippen molar-refractivity contribution in [2.24, 2.45) is 0 Å². The third-order valence-corrected chi connectivity index (χ3v) is 6.19. The van der Waals surface area contributed by atoms with Gasteiger partial charge in [0.05, 0.1) is 11.7 Å². The van der Waals surface area contributed by atoms with E-state index in [0.717, 1.165) is 19.3 Å². The Morgan fingerprint density at radius 3 is 2.68 bits per heavy atom. The van der Waals surface area contributed by atoms with Crippen LogP contribution in [0.5, 0.6) is 0 Å². The van der Waals surface area contributed by atoms with Gasteiger partial charge in [0.1, 0.15) is 0 Å². The second kappa shape index (κ2) is 8.19. The molecular weight excluding hydrogens is 292 g/mol. The van der Waals surface area contributed by atoms with Crippen LogP contribution in [-0.4, -0.2) is 31.2 Å². The molecule has 0 N–H and O–H groups in total. The lowest BCUT2D eigenvalue weighted by Gasteiger charge is -2.36. The number of hydrogen-bond donors (Lipinski definition) is 0. The van der Waals surface area contributed by atoms with Crippen LogP contribution in [0.2, 0.25) is 0 Å². The molecule has 2 nitrogen and oxygen atoms in total. The summed E-state index contributed by atoms with van der Waals surface area (Å²) in [4.78, 5) is 1.33. The maximum Gasteiger partial charge on any atom is 0.0825 e. The summed E-state index contributed by atoms with van der Waals surface area (Å²) in [6, 6.07) is 8.80. The van der Waals surface area contributed by atoms with Crippen molar-refractivity contribution < 1.29 is 9.47 Å². The Morgan fingerprint density at radius 1 is 1.36 bits per heavy atom. The van der Waals surface area contributed by atoms with E-state index >= 15 is 0 Å². The molecule has 0 radical (unpaired) electrons. The van der Waals surface area contributed by atoms with Gasteiger partial charge in [-0.1, -0.05) is 23.8 Å². The lowest BCUT2D eigenvalue weighted by Crippen LogP contribution is -2.41. The molecule has 0 unspecified atom stereocenters. The van der Waals surface area contributed by atoms with Gasteiger partial charge in [0.2, 0.25) is 0 Å². The zero-order chi connectivity index (χ0) is 16.0. The number of aryl methyl sites for hydroxylation is 1. The van der Waals surface area contributed by atoms with Crippen molar-refractivity contribution in [1.82, 2.24) is 0 Å². The Morgan fingerprint density at radius 2 is 2.09 bits per heavy atom. The van der Waals surface area contributed by atoms with Crippen molar-refractivity contribution in [1.29, 1.82) is 0 Å². The van der Waals surface area contributed by atoms with Crippen LogP contribution in [0.25, 0.3) is 0 Å². The van der Waals surface area contributed by atoms with Gasteiger partial charge in [0.25, 0.3) is 0 Å². The van der Waals surface area contributed by atoms with E-state index in [0.29, 0.717) is 5.25 Å². The highest BCUT2D eigenvalue weighted by atomic mass is 32.2. The van der Waals surface area contributed by atoms with Gasteiger partial charge in [-0.15, -0.1) is 18.3 Å². The van der Waals surface area contributed by atoms with Crippen LogP contribution >= 0.6 is 11.8 Å². The predicted molar refractivity (Wildman–Crippen MR) is 94.6 cm³/mol. The quantitative estimate of drug-likeness (QED) is 0.628. The average molecular weight is 320 g/mol. The third-order valence-electron chi connectivity index (χ3n) is 4.69. The summed E-state index contributed by atoms with van der Waals surface area (Å²) in [6.07, 6.45) is 7.49. The Hall–Kier alpha value is -0.770. The van der Waals surface area contributed by atoms with Gasteiger partial charge in [-0.3, -0.25) is 0 Å². The number of methoxy groups -OCH3 is 2. The maximum absolute atomic E-state index is 6.05. The topological polar surface area (TPSA) is 18.5 Å². The highest BCUT2D eigenvalue weighted by molar-refractivity contribution is 8.00. The molecule has 0 saturated heterocycles. The number of thioether (sulfide) groups is 1. The van der Waals surface area contributed by atoms with Crippen molar-refractivity contribution >= 4 is 11.8 Å². The van der Waals surface area contributed by atoms with Crippen molar-refractivity contribution in [2.45, 2.75) is 60.9 Å². The van der Waals surface area contributed by atoms with E-state index in [2.05, 4.69) is 37.8 Å². The molecule has 0 heterocycles. The van der Waals surface area contributed by atoms with Crippen LogP contribution in [-0.2, 0) is 9.47 Å². The van der Waals surface area contributed by atoms with Gasteiger partial charge < -0.3 is 9.47 Å². The molecular formula is C19H28O2S. The number of hydrogen-bond acceptors (Lipinski definition) is 3. The molecule has 0 aromatic heterocycles. The molecule has 2 rings (SSSR count). The first-order chi connectivity index (χ1) is 10.6. The van der Waals surface area contributed by atoms with Crippen LogP contribution in [0.15, 0.2) is 41.8 Å². The molecule has 0 amide bonds. The normalized spacial score (nSPS) is 26.0. The molecule has 122 valence electrons. The summed E-state index contributed by atoms with van der Waals surface area (Å²) in [5, 5.41) is 0.489. The Kier molecular flexibility index (Phi) is 6.54. The number of ether oxygens (including phenoxy) is 2. The number of rotatable bonds is 8. The summed E-state index contributed by atoms with van der Waals surface area (Å²) in [5.41, 5.74) is 1.22. The van der Waals surface area contributed by atoms with E-state index in [1.54, 1.807) is 7.11 Å². The molecule has 0 spiro atoms. The van der Waals surface area contributed by atoms with Gasteiger partial charge in [0, 0.05) is 30.8 Å². The summed E-state index contributed by atoms with van der Waals surface area (Å²) < 4.78 is 11.7. The van der Waals surface area contributed by atoms with E-state index in [1.165, 1.54) is 23.3 Å². The lowest BCUT2D eigenvalue weighted by atomic mass is 9.92. The minimum atomic E-state index is -0.0841. The minimum Gasteiger partial charge on any atom is -0.381 e. The van der Waals surface area contributed by atoms with Crippen molar-refractivity contribution in [3.05, 3.63) is 42.5 Å². The second-order valence-corrected chi connectivity index (χ2v) is 7.44.